The molecule has 1 aliphatic heterocycles. The summed E-state index contributed by atoms with van der Waals surface area (Å²) in [6, 6.07) is 8.03. The fourth-order valence-corrected chi connectivity index (χ4v) is 3.48. The van der Waals surface area contributed by atoms with Gasteiger partial charge in [-0.2, -0.15) is 5.26 Å². The maximum atomic E-state index is 12.9. The molecule has 0 saturated carbocycles. The minimum Gasteiger partial charge on any atom is -0.470 e. The van der Waals surface area contributed by atoms with E-state index < -0.39 is 0 Å². The summed E-state index contributed by atoms with van der Waals surface area (Å²) in [6.45, 7) is 1.12. The van der Waals surface area contributed by atoms with Crippen molar-refractivity contribution >= 4 is 17.7 Å². The largest absolute Gasteiger partial charge is 0.470 e. The number of thioether (sulfide) groups is 1. The van der Waals surface area contributed by atoms with Crippen molar-refractivity contribution < 1.29 is 13.9 Å². The predicted octanol–water partition coefficient (Wildman–Crippen LogP) is 2.65. The van der Waals surface area contributed by atoms with Gasteiger partial charge in [0.2, 0.25) is 11.6 Å². The van der Waals surface area contributed by atoms with E-state index in [0.717, 1.165) is 17.7 Å². The number of aromatic nitrogens is 2. The zero-order chi connectivity index (χ0) is 18.4. The van der Waals surface area contributed by atoms with Crippen molar-refractivity contribution in [2.24, 2.45) is 0 Å². The molecule has 1 amide bonds. The molecule has 1 fully saturated rings. The van der Waals surface area contributed by atoms with Crippen LogP contribution in [0.15, 0.2) is 41.6 Å². The summed E-state index contributed by atoms with van der Waals surface area (Å²) >= 11 is 1.38. The Morgan fingerprint density at radius 1 is 1.35 bits per heavy atom. The van der Waals surface area contributed by atoms with E-state index in [2.05, 4.69) is 9.97 Å². The first-order valence-corrected chi connectivity index (χ1v) is 9.18. The monoisotopic (exact) mass is 372 g/mol. The van der Waals surface area contributed by atoms with E-state index in [4.69, 9.17) is 10.00 Å². The minimum atomic E-state index is -0.294. The molecule has 134 valence electrons. The zero-order valence-electron chi connectivity index (χ0n) is 14.0. The van der Waals surface area contributed by atoms with Gasteiger partial charge in [0.15, 0.2) is 0 Å². The van der Waals surface area contributed by atoms with Crippen molar-refractivity contribution in [3.8, 4) is 11.9 Å². The van der Waals surface area contributed by atoms with Gasteiger partial charge in [-0.25, -0.2) is 14.4 Å². The number of nitrogens with zero attached hydrogens (tertiary/aromatic N) is 4. The average Bonchev–Trinajstić information content (AvgIpc) is 2.68. The Kier molecular flexibility index (Phi) is 6.02. The summed E-state index contributed by atoms with van der Waals surface area (Å²) in [7, 11) is 0. The number of carbonyl (C=O) groups is 1. The highest BCUT2D eigenvalue weighted by molar-refractivity contribution is 8.00. The van der Waals surface area contributed by atoms with Gasteiger partial charge in [0.05, 0.1) is 12.3 Å². The molecule has 1 saturated heterocycles. The number of nitriles is 1. The van der Waals surface area contributed by atoms with Gasteiger partial charge in [-0.15, -0.1) is 11.8 Å². The molecule has 0 N–H and O–H groups in total. The summed E-state index contributed by atoms with van der Waals surface area (Å²) in [5.74, 6) is 0.201. The normalized spacial score (nSPS) is 16.8. The first-order chi connectivity index (χ1) is 12.7. The molecule has 1 unspecified atom stereocenters. The third-order valence-corrected chi connectivity index (χ3v) is 4.95. The van der Waals surface area contributed by atoms with Gasteiger partial charge in [-0.1, -0.05) is 0 Å². The molecule has 1 aromatic carbocycles. The van der Waals surface area contributed by atoms with Crippen molar-refractivity contribution in [2.45, 2.75) is 23.8 Å². The number of ether oxygens (including phenoxy) is 1. The number of amides is 1. The predicted molar refractivity (Wildman–Crippen MR) is 94.1 cm³/mol. The van der Waals surface area contributed by atoms with Crippen LogP contribution in [0.5, 0.6) is 5.88 Å². The van der Waals surface area contributed by atoms with E-state index in [9.17, 15) is 9.18 Å². The second-order valence-electron chi connectivity index (χ2n) is 5.79. The molecule has 26 heavy (non-hydrogen) atoms. The van der Waals surface area contributed by atoms with Crippen LogP contribution in [0.2, 0.25) is 0 Å². The first kappa shape index (κ1) is 18.1. The summed E-state index contributed by atoms with van der Waals surface area (Å²) in [5.41, 5.74) is 0.141. The average molecular weight is 372 g/mol. The molecule has 0 radical (unpaired) electrons. The van der Waals surface area contributed by atoms with Crippen LogP contribution in [0.25, 0.3) is 0 Å². The van der Waals surface area contributed by atoms with E-state index in [1.807, 2.05) is 6.07 Å². The molecule has 1 aliphatic rings. The van der Waals surface area contributed by atoms with Gasteiger partial charge in [-0.05, 0) is 37.1 Å². The number of hydrogen-bond acceptors (Lipinski definition) is 6. The van der Waals surface area contributed by atoms with E-state index in [1.165, 1.54) is 36.3 Å². The lowest BCUT2D eigenvalue weighted by Gasteiger charge is -2.32. The van der Waals surface area contributed by atoms with Crippen LogP contribution < -0.4 is 4.74 Å². The number of piperidine rings is 1. The molecule has 3 rings (SSSR count). The number of carbonyl (C=O) groups excluding carboxylic acids is 1. The van der Waals surface area contributed by atoms with Gasteiger partial charge in [0.25, 0.3) is 5.88 Å². The van der Waals surface area contributed by atoms with Crippen LogP contribution in [0.1, 0.15) is 18.5 Å². The fourth-order valence-electron chi connectivity index (χ4n) is 2.67. The number of benzene rings is 1. The van der Waals surface area contributed by atoms with Gasteiger partial charge in [0, 0.05) is 23.8 Å². The number of halogens is 1. The van der Waals surface area contributed by atoms with Gasteiger partial charge < -0.3 is 9.64 Å². The molecule has 8 heteroatoms. The highest BCUT2D eigenvalue weighted by atomic mass is 32.2. The van der Waals surface area contributed by atoms with Crippen LogP contribution in [-0.2, 0) is 4.79 Å². The maximum absolute atomic E-state index is 12.9. The van der Waals surface area contributed by atoms with Crippen LogP contribution in [-0.4, -0.2) is 45.7 Å². The van der Waals surface area contributed by atoms with Crippen molar-refractivity contribution in [1.29, 1.82) is 5.26 Å². The van der Waals surface area contributed by atoms with Gasteiger partial charge >= 0.3 is 0 Å². The molecule has 1 aromatic heterocycles. The van der Waals surface area contributed by atoms with E-state index in [1.54, 1.807) is 17.0 Å². The fraction of sp³-hybridized carbons (Fsp3) is 0.333. The second-order valence-corrected chi connectivity index (χ2v) is 6.84. The Balaban J connectivity index is 1.55. The summed E-state index contributed by atoms with van der Waals surface area (Å²) in [5, 5.41) is 9.06. The highest BCUT2D eigenvalue weighted by Gasteiger charge is 2.26. The van der Waals surface area contributed by atoms with Crippen molar-refractivity contribution in [3.63, 3.8) is 0 Å². The van der Waals surface area contributed by atoms with Crippen LogP contribution in [0.3, 0.4) is 0 Å². The number of rotatable bonds is 5. The molecule has 0 aliphatic carbocycles. The maximum Gasteiger partial charge on any atom is 0.251 e. The Hall–Kier alpha value is -2.66. The lowest BCUT2D eigenvalue weighted by atomic mass is 10.1. The van der Waals surface area contributed by atoms with Crippen LogP contribution in [0.4, 0.5) is 4.39 Å². The Labute approximate surface area is 155 Å². The Morgan fingerprint density at radius 2 is 2.12 bits per heavy atom. The highest BCUT2D eigenvalue weighted by Crippen LogP contribution is 2.22. The minimum absolute atomic E-state index is 0.00674. The number of likely N-dealkylation sites (tertiary alicyclic amines) is 1. The molecule has 2 heterocycles. The Bertz CT molecular complexity index is 810. The van der Waals surface area contributed by atoms with Crippen molar-refractivity contribution in [3.05, 3.63) is 48.2 Å². The first-order valence-electron chi connectivity index (χ1n) is 8.19. The summed E-state index contributed by atoms with van der Waals surface area (Å²) < 4.78 is 18.7. The third kappa shape index (κ3) is 4.70. The second kappa shape index (κ2) is 8.63. The quantitative estimate of drug-likeness (QED) is 0.751. The van der Waals surface area contributed by atoms with Crippen LogP contribution in [0, 0.1) is 17.1 Å². The lowest BCUT2D eigenvalue weighted by Crippen LogP contribution is -2.45. The van der Waals surface area contributed by atoms with E-state index in [0.29, 0.717) is 13.1 Å². The standard InChI is InChI=1S/C18H17FN4O2S/c19-13-3-5-15(6-4-13)26-12-17(24)23-9-1-2-14(11-23)25-18-16(10-20)21-7-8-22-18/h3-8,14H,1-2,9,11-12H2. The summed E-state index contributed by atoms with van der Waals surface area (Å²) in [4.78, 5) is 23.0. The molecule has 0 bridgehead atoms. The molecule has 1 atom stereocenters. The topological polar surface area (TPSA) is 79.1 Å². The van der Waals surface area contributed by atoms with E-state index >= 15 is 0 Å². The lowest BCUT2D eigenvalue weighted by molar-refractivity contribution is -0.130. The molecule has 6 nitrogen and oxygen atoms in total. The third-order valence-electron chi connectivity index (χ3n) is 3.96. The molecular formula is C18H17FN4O2S. The van der Waals surface area contributed by atoms with Gasteiger partial charge in [0.1, 0.15) is 18.0 Å². The zero-order valence-corrected chi connectivity index (χ0v) is 14.8. The van der Waals surface area contributed by atoms with Crippen molar-refractivity contribution in [1.82, 2.24) is 14.9 Å². The molecule has 2 aromatic rings. The van der Waals surface area contributed by atoms with Crippen molar-refractivity contribution in [2.75, 3.05) is 18.8 Å². The summed E-state index contributed by atoms with van der Waals surface area (Å²) in [6.07, 6.45) is 4.30. The number of hydrogen-bond donors (Lipinski definition) is 0. The Morgan fingerprint density at radius 3 is 2.88 bits per heavy atom. The molecule has 0 spiro atoms. The van der Waals surface area contributed by atoms with E-state index in [-0.39, 0.29) is 35.2 Å². The molecular weight excluding hydrogens is 355 g/mol. The SMILES string of the molecule is N#Cc1nccnc1OC1CCCN(C(=O)CSc2ccc(F)cc2)C1. The smallest absolute Gasteiger partial charge is 0.251 e. The van der Waals surface area contributed by atoms with Gasteiger partial charge in [-0.3, -0.25) is 4.79 Å². The van der Waals surface area contributed by atoms with Crippen LogP contribution >= 0.6 is 11.8 Å².